The molecule has 2 aromatic rings. The van der Waals surface area contributed by atoms with Gasteiger partial charge in [0.05, 0.1) is 12.8 Å². The molecule has 6 nitrogen and oxygen atoms in total. The van der Waals surface area contributed by atoms with Gasteiger partial charge in [0.2, 0.25) is 0 Å². The van der Waals surface area contributed by atoms with Crippen molar-refractivity contribution in [1.29, 1.82) is 0 Å². The molecule has 0 aliphatic heterocycles. The molecule has 1 aliphatic rings. The summed E-state index contributed by atoms with van der Waals surface area (Å²) in [6, 6.07) is 3.32. The minimum Gasteiger partial charge on any atom is -0.469 e. The SMILES string of the molecule is Cc1cc(C(=O)NCC2(O)CCCc3occc32)no1. The third-order valence-corrected chi connectivity index (χ3v) is 3.64. The first kappa shape index (κ1) is 12.9. The van der Waals surface area contributed by atoms with Crippen LogP contribution in [0.4, 0.5) is 0 Å². The predicted octanol–water partition coefficient (Wildman–Crippen LogP) is 1.53. The Morgan fingerprint density at radius 2 is 2.45 bits per heavy atom. The summed E-state index contributed by atoms with van der Waals surface area (Å²) < 4.78 is 10.2. The molecule has 1 aliphatic carbocycles. The Kier molecular flexibility index (Phi) is 3.10. The first-order valence-corrected chi connectivity index (χ1v) is 6.59. The minimum absolute atomic E-state index is 0.129. The van der Waals surface area contributed by atoms with E-state index in [4.69, 9.17) is 8.94 Å². The van der Waals surface area contributed by atoms with Gasteiger partial charge in [-0.15, -0.1) is 0 Å². The first-order chi connectivity index (χ1) is 9.58. The van der Waals surface area contributed by atoms with Gasteiger partial charge in [-0.1, -0.05) is 5.16 Å². The molecule has 0 saturated heterocycles. The molecule has 0 saturated carbocycles. The summed E-state index contributed by atoms with van der Waals surface area (Å²) in [7, 11) is 0. The molecule has 0 fully saturated rings. The molecule has 0 bridgehead atoms. The first-order valence-electron chi connectivity index (χ1n) is 6.59. The largest absolute Gasteiger partial charge is 0.469 e. The monoisotopic (exact) mass is 276 g/mol. The van der Waals surface area contributed by atoms with E-state index < -0.39 is 5.60 Å². The summed E-state index contributed by atoms with van der Waals surface area (Å²) in [4.78, 5) is 11.9. The van der Waals surface area contributed by atoms with Gasteiger partial charge in [-0.3, -0.25) is 4.79 Å². The van der Waals surface area contributed by atoms with E-state index >= 15 is 0 Å². The molecule has 6 heteroatoms. The van der Waals surface area contributed by atoms with Gasteiger partial charge in [0.1, 0.15) is 17.1 Å². The summed E-state index contributed by atoms with van der Waals surface area (Å²) in [5.74, 6) is 1.01. The highest BCUT2D eigenvalue weighted by Crippen LogP contribution is 2.35. The molecule has 20 heavy (non-hydrogen) atoms. The molecule has 106 valence electrons. The second-order valence-corrected chi connectivity index (χ2v) is 5.15. The van der Waals surface area contributed by atoms with Crippen molar-refractivity contribution in [2.24, 2.45) is 0 Å². The molecule has 0 aromatic carbocycles. The number of furan rings is 1. The van der Waals surface area contributed by atoms with E-state index in [9.17, 15) is 9.90 Å². The standard InChI is InChI=1S/C14H16N2O4/c1-9-7-11(16-20-9)13(17)15-8-14(18)5-2-3-12-10(14)4-6-19-12/h4,6-7,18H,2-3,5,8H2,1H3,(H,15,17). The summed E-state index contributed by atoms with van der Waals surface area (Å²) in [5.41, 5.74) is -0.0932. The second kappa shape index (κ2) is 4.79. The second-order valence-electron chi connectivity index (χ2n) is 5.15. The fourth-order valence-corrected chi connectivity index (χ4v) is 2.60. The third kappa shape index (κ3) is 2.22. The maximum atomic E-state index is 11.9. The van der Waals surface area contributed by atoms with Crippen LogP contribution in [0.2, 0.25) is 0 Å². The van der Waals surface area contributed by atoms with E-state index in [-0.39, 0.29) is 18.1 Å². The number of fused-ring (bicyclic) bond motifs is 1. The fraction of sp³-hybridized carbons (Fsp3) is 0.429. The Labute approximate surface area is 115 Å². The summed E-state index contributed by atoms with van der Waals surface area (Å²) >= 11 is 0. The van der Waals surface area contributed by atoms with Crippen molar-refractivity contribution in [3.05, 3.63) is 41.2 Å². The summed E-state index contributed by atoms with van der Waals surface area (Å²) in [6.07, 6.45) is 3.82. The third-order valence-electron chi connectivity index (χ3n) is 3.64. The topological polar surface area (TPSA) is 88.5 Å². The zero-order valence-electron chi connectivity index (χ0n) is 11.2. The Balaban J connectivity index is 1.71. The highest BCUT2D eigenvalue weighted by atomic mass is 16.5. The number of carbonyl (C=O) groups is 1. The van der Waals surface area contributed by atoms with Crippen LogP contribution in [0.1, 0.15) is 40.4 Å². The van der Waals surface area contributed by atoms with Crippen LogP contribution >= 0.6 is 0 Å². The van der Waals surface area contributed by atoms with Crippen molar-refractivity contribution in [3.8, 4) is 0 Å². The van der Waals surface area contributed by atoms with Crippen LogP contribution < -0.4 is 5.32 Å². The number of aryl methyl sites for hydroxylation is 2. The van der Waals surface area contributed by atoms with Crippen molar-refractivity contribution in [3.63, 3.8) is 0 Å². The lowest BCUT2D eigenvalue weighted by atomic mass is 9.83. The Hall–Kier alpha value is -2.08. The number of rotatable bonds is 3. The van der Waals surface area contributed by atoms with Gasteiger partial charge in [-0.05, 0) is 25.8 Å². The highest BCUT2D eigenvalue weighted by molar-refractivity contribution is 5.92. The molecule has 0 radical (unpaired) electrons. The van der Waals surface area contributed by atoms with Crippen molar-refractivity contribution in [2.75, 3.05) is 6.54 Å². The zero-order valence-corrected chi connectivity index (χ0v) is 11.2. The molecular weight excluding hydrogens is 260 g/mol. The number of amides is 1. The number of carbonyl (C=O) groups excluding carboxylic acids is 1. The van der Waals surface area contributed by atoms with Crippen LogP contribution in [-0.2, 0) is 12.0 Å². The molecule has 1 amide bonds. The van der Waals surface area contributed by atoms with Crippen molar-refractivity contribution < 1.29 is 18.8 Å². The Morgan fingerprint density at radius 1 is 1.60 bits per heavy atom. The number of aliphatic hydroxyl groups is 1. The average Bonchev–Trinajstić information content (AvgIpc) is 3.06. The van der Waals surface area contributed by atoms with Crippen LogP contribution in [0.15, 0.2) is 27.3 Å². The molecule has 2 aromatic heterocycles. The van der Waals surface area contributed by atoms with Crippen molar-refractivity contribution >= 4 is 5.91 Å². The van der Waals surface area contributed by atoms with Gasteiger partial charge in [-0.2, -0.15) is 0 Å². The Bertz CT molecular complexity index is 631. The minimum atomic E-state index is -1.07. The van der Waals surface area contributed by atoms with E-state index in [1.807, 2.05) is 0 Å². The van der Waals surface area contributed by atoms with Gasteiger partial charge in [-0.25, -0.2) is 0 Å². The number of aromatic nitrogens is 1. The number of hydrogen-bond donors (Lipinski definition) is 2. The van der Waals surface area contributed by atoms with Crippen molar-refractivity contribution in [1.82, 2.24) is 10.5 Å². The van der Waals surface area contributed by atoms with E-state index in [2.05, 4.69) is 10.5 Å². The van der Waals surface area contributed by atoms with Crippen LogP contribution in [0.5, 0.6) is 0 Å². The van der Waals surface area contributed by atoms with Crippen LogP contribution in [0.25, 0.3) is 0 Å². The van der Waals surface area contributed by atoms with E-state index in [0.717, 1.165) is 24.2 Å². The van der Waals surface area contributed by atoms with Crippen LogP contribution in [0.3, 0.4) is 0 Å². The number of nitrogens with one attached hydrogen (secondary N) is 1. The van der Waals surface area contributed by atoms with Crippen LogP contribution in [0, 0.1) is 6.92 Å². The summed E-state index contributed by atoms with van der Waals surface area (Å²) in [5, 5.41) is 17.0. The molecule has 1 atom stereocenters. The fourth-order valence-electron chi connectivity index (χ4n) is 2.60. The highest BCUT2D eigenvalue weighted by Gasteiger charge is 2.36. The van der Waals surface area contributed by atoms with Gasteiger partial charge in [0.15, 0.2) is 5.69 Å². The summed E-state index contributed by atoms with van der Waals surface area (Å²) in [6.45, 7) is 1.85. The molecular formula is C14H16N2O4. The van der Waals surface area contributed by atoms with Crippen molar-refractivity contribution in [2.45, 2.75) is 31.8 Å². The maximum absolute atomic E-state index is 11.9. The average molecular weight is 276 g/mol. The molecule has 2 N–H and O–H groups in total. The molecule has 2 heterocycles. The van der Waals surface area contributed by atoms with E-state index in [0.29, 0.717) is 12.2 Å². The lowest BCUT2D eigenvalue weighted by Crippen LogP contribution is -2.42. The van der Waals surface area contributed by atoms with E-state index in [1.54, 1.807) is 25.3 Å². The lowest BCUT2D eigenvalue weighted by molar-refractivity contribution is 0.0168. The van der Waals surface area contributed by atoms with Gasteiger partial charge in [0.25, 0.3) is 5.91 Å². The quantitative estimate of drug-likeness (QED) is 0.887. The normalized spacial score (nSPS) is 21.5. The molecule has 0 spiro atoms. The van der Waals surface area contributed by atoms with Gasteiger partial charge < -0.3 is 19.4 Å². The van der Waals surface area contributed by atoms with Gasteiger partial charge >= 0.3 is 0 Å². The van der Waals surface area contributed by atoms with Gasteiger partial charge in [0, 0.05) is 18.1 Å². The molecule has 1 unspecified atom stereocenters. The number of nitrogens with zero attached hydrogens (tertiary/aromatic N) is 1. The zero-order chi connectivity index (χ0) is 14.2. The predicted molar refractivity (Wildman–Crippen MR) is 69.1 cm³/mol. The Morgan fingerprint density at radius 3 is 3.20 bits per heavy atom. The molecule has 3 rings (SSSR count). The van der Waals surface area contributed by atoms with E-state index in [1.165, 1.54) is 0 Å². The smallest absolute Gasteiger partial charge is 0.273 e. The lowest BCUT2D eigenvalue weighted by Gasteiger charge is -2.31. The van der Waals surface area contributed by atoms with Crippen LogP contribution in [-0.4, -0.2) is 22.7 Å². The maximum Gasteiger partial charge on any atom is 0.273 e. The number of hydrogen-bond acceptors (Lipinski definition) is 5.